The van der Waals surface area contributed by atoms with Gasteiger partial charge in [0, 0.05) is 19.8 Å². The fraction of sp³-hybridized carbons (Fsp3) is 0.700. The van der Waals surface area contributed by atoms with Crippen LogP contribution in [0.5, 0.6) is 0 Å². The van der Waals surface area contributed by atoms with Crippen molar-refractivity contribution in [3.05, 3.63) is 0 Å². The molecule has 1 unspecified atom stereocenters. The van der Waals surface area contributed by atoms with E-state index in [9.17, 15) is 14.4 Å². The number of carbonyl (C=O) groups is 3. The van der Waals surface area contributed by atoms with Crippen LogP contribution in [0, 0.1) is 0 Å². The molecule has 0 fully saturated rings. The van der Waals surface area contributed by atoms with Gasteiger partial charge in [-0.2, -0.15) is 0 Å². The Morgan fingerprint density at radius 3 is 2.14 bits per heavy atom. The maximum atomic E-state index is 11.1. The van der Waals surface area contributed by atoms with Crippen LogP contribution in [0.3, 0.4) is 0 Å². The van der Waals surface area contributed by atoms with E-state index in [0.29, 0.717) is 19.3 Å². The molecule has 80 valence electrons. The van der Waals surface area contributed by atoms with E-state index in [1.54, 1.807) is 6.92 Å². The standard InChI is InChI=1S/C10H17NO3/c1-4-9(14)5-6-10(7(2)12)11-8(3)13/h10H,4-6H2,1-3H3,(H,11,13). The summed E-state index contributed by atoms with van der Waals surface area (Å²) in [5, 5.41) is 2.52. The second-order valence-electron chi connectivity index (χ2n) is 3.29. The topological polar surface area (TPSA) is 63.2 Å². The summed E-state index contributed by atoms with van der Waals surface area (Å²) in [5.74, 6) is -0.236. The molecule has 0 aliphatic heterocycles. The average Bonchev–Trinajstić information content (AvgIpc) is 2.10. The van der Waals surface area contributed by atoms with Gasteiger partial charge in [-0.05, 0) is 13.3 Å². The second-order valence-corrected chi connectivity index (χ2v) is 3.29. The highest BCUT2D eigenvalue weighted by molar-refractivity contribution is 5.87. The third kappa shape index (κ3) is 5.45. The van der Waals surface area contributed by atoms with Crippen LogP contribution < -0.4 is 5.32 Å². The lowest BCUT2D eigenvalue weighted by Crippen LogP contribution is -2.38. The van der Waals surface area contributed by atoms with Crippen LogP contribution in [0.4, 0.5) is 0 Å². The third-order valence-corrected chi connectivity index (χ3v) is 1.97. The van der Waals surface area contributed by atoms with Gasteiger partial charge in [0.15, 0.2) is 5.78 Å². The first kappa shape index (κ1) is 12.8. The highest BCUT2D eigenvalue weighted by atomic mass is 16.2. The minimum absolute atomic E-state index is 0.107. The fourth-order valence-corrected chi connectivity index (χ4v) is 1.10. The van der Waals surface area contributed by atoms with E-state index in [1.807, 2.05) is 0 Å². The van der Waals surface area contributed by atoms with Gasteiger partial charge in [0.2, 0.25) is 5.91 Å². The summed E-state index contributed by atoms with van der Waals surface area (Å²) in [6.07, 6.45) is 1.23. The molecule has 0 saturated heterocycles. The van der Waals surface area contributed by atoms with Crippen LogP contribution in [0.1, 0.15) is 40.0 Å². The lowest BCUT2D eigenvalue weighted by atomic mass is 10.0. The lowest BCUT2D eigenvalue weighted by Gasteiger charge is -2.13. The number of carbonyl (C=O) groups excluding carboxylic acids is 3. The Morgan fingerprint density at radius 1 is 1.21 bits per heavy atom. The summed E-state index contributed by atoms with van der Waals surface area (Å²) in [4.78, 5) is 32.8. The summed E-state index contributed by atoms with van der Waals surface area (Å²) in [6, 6.07) is -0.511. The van der Waals surface area contributed by atoms with Gasteiger partial charge < -0.3 is 5.32 Å². The van der Waals surface area contributed by atoms with Gasteiger partial charge in [0.05, 0.1) is 6.04 Å². The predicted molar refractivity (Wildman–Crippen MR) is 52.8 cm³/mol. The van der Waals surface area contributed by atoms with E-state index in [-0.39, 0.29) is 17.5 Å². The van der Waals surface area contributed by atoms with Gasteiger partial charge in [0.25, 0.3) is 0 Å². The van der Waals surface area contributed by atoms with E-state index >= 15 is 0 Å². The Hall–Kier alpha value is -1.19. The number of hydrogen-bond acceptors (Lipinski definition) is 3. The van der Waals surface area contributed by atoms with Gasteiger partial charge >= 0.3 is 0 Å². The zero-order valence-corrected chi connectivity index (χ0v) is 8.92. The summed E-state index contributed by atoms with van der Waals surface area (Å²) >= 11 is 0. The zero-order chi connectivity index (χ0) is 11.1. The molecule has 0 aliphatic carbocycles. The summed E-state index contributed by atoms with van der Waals surface area (Å²) in [6.45, 7) is 4.55. The van der Waals surface area contributed by atoms with Crippen LogP contribution in [-0.2, 0) is 14.4 Å². The molecule has 14 heavy (non-hydrogen) atoms. The van der Waals surface area contributed by atoms with Gasteiger partial charge in [-0.15, -0.1) is 0 Å². The minimum atomic E-state index is -0.511. The van der Waals surface area contributed by atoms with Gasteiger partial charge in [-0.3, -0.25) is 14.4 Å². The number of hydrogen-bond donors (Lipinski definition) is 1. The van der Waals surface area contributed by atoms with Gasteiger partial charge in [0.1, 0.15) is 5.78 Å². The normalized spacial score (nSPS) is 11.9. The average molecular weight is 199 g/mol. The molecule has 0 aromatic rings. The molecular weight excluding hydrogens is 182 g/mol. The van der Waals surface area contributed by atoms with Crippen molar-refractivity contribution in [1.29, 1.82) is 0 Å². The Bertz CT molecular complexity index is 236. The lowest BCUT2D eigenvalue weighted by molar-refractivity contribution is -0.126. The molecular formula is C10H17NO3. The molecule has 0 saturated carbocycles. The minimum Gasteiger partial charge on any atom is -0.347 e. The second kappa shape index (κ2) is 6.29. The van der Waals surface area contributed by atoms with Gasteiger partial charge in [-0.25, -0.2) is 0 Å². The van der Waals surface area contributed by atoms with Crippen molar-refractivity contribution >= 4 is 17.5 Å². The van der Waals surface area contributed by atoms with E-state index in [1.165, 1.54) is 13.8 Å². The first-order valence-corrected chi connectivity index (χ1v) is 4.76. The molecule has 0 bridgehead atoms. The Kier molecular flexibility index (Phi) is 5.76. The fourth-order valence-electron chi connectivity index (χ4n) is 1.10. The highest BCUT2D eigenvalue weighted by Gasteiger charge is 2.15. The summed E-state index contributed by atoms with van der Waals surface area (Å²) in [5.41, 5.74) is 0. The first-order valence-electron chi connectivity index (χ1n) is 4.76. The van der Waals surface area contributed by atoms with Crippen molar-refractivity contribution in [2.45, 2.75) is 46.1 Å². The molecule has 1 amide bonds. The molecule has 1 atom stereocenters. The van der Waals surface area contributed by atoms with Crippen molar-refractivity contribution < 1.29 is 14.4 Å². The van der Waals surface area contributed by atoms with Crippen LogP contribution in [0.15, 0.2) is 0 Å². The molecule has 0 radical (unpaired) electrons. The summed E-state index contributed by atoms with van der Waals surface area (Å²) < 4.78 is 0. The Balaban J connectivity index is 4.04. The molecule has 0 rings (SSSR count). The zero-order valence-electron chi connectivity index (χ0n) is 8.92. The largest absolute Gasteiger partial charge is 0.347 e. The quantitative estimate of drug-likeness (QED) is 0.689. The van der Waals surface area contributed by atoms with Crippen molar-refractivity contribution in [2.75, 3.05) is 0 Å². The smallest absolute Gasteiger partial charge is 0.217 e. The van der Waals surface area contributed by atoms with E-state index < -0.39 is 6.04 Å². The van der Waals surface area contributed by atoms with E-state index in [4.69, 9.17) is 0 Å². The number of nitrogens with one attached hydrogen (secondary N) is 1. The van der Waals surface area contributed by atoms with Crippen LogP contribution in [0.25, 0.3) is 0 Å². The van der Waals surface area contributed by atoms with Crippen molar-refractivity contribution in [3.63, 3.8) is 0 Å². The first-order chi connectivity index (χ1) is 6.47. The molecule has 0 aromatic heterocycles. The molecule has 4 nitrogen and oxygen atoms in total. The monoisotopic (exact) mass is 199 g/mol. The maximum absolute atomic E-state index is 11.1. The Morgan fingerprint density at radius 2 is 1.79 bits per heavy atom. The van der Waals surface area contributed by atoms with Crippen LogP contribution in [-0.4, -0.2) is 23.5 Å². The molecule has 0 aromatic carbocycles. The van der Waals surface area contributed by atoms with Crippen LogP contribution >= 0.6 is 0 Å². The number of amides is 1. The molecule has 0 heterocycles. The van der Waals surface area contributed by atoms with Crippen molar-refractivity contribution in [3.8, 4) is 0 Å². The number of rotatable bonds is 6. The van der Waals surface area contributed by atoms with Gasteiger partial charge in [-0.1, -0.05) is 6.92 Å². The Labute approximate surface area is 84.1 Å². The molecule has 1 N–H and O–H groups in total. The highest BCUT2D eigenvalue weighted by Crippen LogP contribution is 2.01. The molecule has 0 aliphatic rings. The SMILES string of the molecule is CCC(=O)CCC(NC(C)=O)C(C)=O. The summed E-state index contributed by atoms with van der Waals surface area (Å²) in [7, 11) is 0. The molecule has 0 spiro atoms. The predicted octanol–water partition coefficient (Wildman–Crippen LogP) is 0.839. The van der Waals surface area contributed by atoms with Crippen molar-refractivity contribution in [2.24, 2.45) is 0 Å². The van der Waals surface area contributed by atoms with Crippen molar-refractivity contribution in [1.82, 2.24) is 5.32 Å². The number of ketones is 2. The third-order valence-electron chi connectivity index (χ3n) is 1.97. The van der Waals surface area contributed by atoms with E-state index in [0.717, 1.165) is 0 Å². The number of Topliss-reactive ketones (excluding diaryl/α,β-unsaturated/α-hetero) is 2. The van der Waals surface area contributed by atoms with Crippen LogP contribution in [0.2, 0.25) is 0 Å². The maximum Gasteiger partial charge on any atom is 0.217 e. The van der Waals surface area contributed by atoms with E-state index in [2.05, 4.69) is 5.32 Å². The molecule has 4 heteroatoms.